The van der Waals surface area contributed by atoms with Gasteiger partial charge in [0, 0.05) is 45.3 Å². The minimum Gasteiger partial charge on any atom is -0.356 e. The normalized spacial score (nSPS) is 32.0. The van der Waals surface area contributed by atoms with Gasteiger partial charge in [-0.3, -0.25) is 0 Å². The standard InChI is InChI=1S/C19H26N6/c1-18-9-14(10-19(18,2)12-25(11-18)8-4-6-20)24(3)17-15-5-7-21-16(15)22-13-23-17/h5,7,13-14H,4,8-12H2,1-3H3,(H,21,22,23)/t14-,18-,19+. The van der Waals surface area contributed by atoms with Crippen LogP contribution in [0.1, 0.15) is 33.1 Å². The molecular formula is C19H26N6. The summed E-state index contributed by atoms with van der Waals surface area (Å²) in [6.07, 6.45) is 6.53. The van der Waals surface area contributed by atoms with Gasteiger partial charge in [-0.15, -0.1) is 0 Å². The first-order chi connectivity index (χ1) is 12.0. The molecule has 6 heteroatoms. The van der Waals surface area contributed by atoms with Crippen molar-refractivity contribution in [3.8, 4) is 6.07 Å². The molecule has 2 aromatic heterocycles. The van der Waals surface area contributed by atoms with E-state index < -0.39 is 0 Å². The zero-order chi connectivity index (χ0) is 17.7. The van der Waals surface area contributed by atoms with Crippen LogP contribution >= 0.6 is 0 Å². The largest absolute Gasteiger partial charge is 0.356 e. The fraction of sp³-hybridized carbons (Fsp3) is 0.632. The lowest BCUT2D eigenvalue weighted by molar-refractivity contribution is 0.184. The van der Waals surface area contributed by atoms with Gasteiger partial charge < -0.3 is 14.8 Å². The van der Waals surface area contributed by atoms with E-state index in [4.69, 9.17) is 5.26 Å². The second-order valence-corrected chi connectivity index (χ2v) is 8.35. The van der Waals surface area contributed by atoms with Gasteiger partial charge in [0.25, 0.3) is 0 Å². The van der Waals surface area contributed by atoms with Crippen LogP contribution in [0, 0.1) is 22.2 Å². The van der Waals surface area contributed by atoms with Crippen molar-refractivity contribution in [1.82, 2.24) is 19.9 Å². The highest BCUT2D eigenvalue weighted by molar-refractivity contribution is 5.87. The number of anilines is 1. The van der Waals surface area contributed by atoms with Crippen LogP contribution in [0.4, 0.5) is 5.82 Å². The molecule has 25 heavy (non-hydrogen) atoms. The first-order valence-corrected chi connectivity index (χ1v) is 9.06. The molecule has 0 aromatic carbocycles. The molecule has 0 radical (unpaired) electrons. The molecule has 0 bridgehead atoms. The van der Waals surface area contributed by atoms with Crippen LogP contribution in [0.5, 0.6) is 0 Å². The number of nitrogens with zero attached hydrogens (tertiary/aromatic N) is 5. The highest BCUT2D eigenvalue weighted by Gasteiger charge is 2.58. The highest BCUT2D eigenvalue weighted by atomic mass is 15.2. The lowest BCUT2D eigenvalue weighted by Gasteiger charge is -2.32. The maximum atomic E-state index is 8.87. The summed E-state index contributed by atoms with van der Waals surface area (Å²) in [5.41, 5.74) is 1.49. The number of likely N-dealkylation sites (tertiary alicyclic amines) is 1. The lowest BCUT2D eigenvalue weighted by atomic mass is 9.71. The van der Waals surface area contributed by atoms with Crippen LogP contribution in [0.25, 0.3) is 11.0 Å². The van der Waals surface area contributed by atoms with Crippen molar-refractivity contribution < 1.29 is 0 Å². The maximum Gasteiger partial charge on any atom is 0.142 e. The Hall–Kier alpha value is -2.13. The molecule has 1 saturated carbocycles. The maximum absolute atomic E-state index is 8.87. The van der Waals surface area contributed by atoms with Crippen LogP contribution in [0.2, 0.25) is 0 Å². The van der Waals surface area contributed by atoms with Crippen molar-refractivity contribution in [3.63, 3.8) is 0 Å². The van der Waals surface area contributed by atoms with Crippen LogP contribution < -0.4 is 4.90 Å². The first-order valence-electron chi connectivity index (χ1n) is 9.06. The minimum absolute atomic E-state index is 0.297. The molecule has 0 spiro atoms. The predicted molar refractivity (Wildman–Crippen MR) is 98.2 cm³/mol. The average Bonchev–Trinajstić information content (AvgIpc) is 3.20. The molecule has 1 aliphatic carbocycles. The monoisotopic (exact) mass is 338 g/mol. The molecule has 132 valence electrons. The summed E-state index contributed by atoms with van der Waals surface area (Å²) in [6.45, 7) is 7.95. The Bertz CT molecular complexity index is 803. The fourth-order valence-electron chi connectivity index (χ4n) is 5.11. The Morgan fingerprint density at radius 3 is 2.72 bits per heavy atom. The van der Waals surface area contributed by atoms with Crippen LogP contribution in [0.15, 0.2) is 18.6 Å². The Labute approximate surface area is 148 Å². The van der Waals surface area contributed by atoms with Gasteiger partial charge in [0.05, 0.1) is 11.5 Å². The van der Waals surface area contributed by atoms with Gasteiger partial charge in [0.1, 0.15) is 17.8 Å². The first kappa shape index (κ1) is 16.3. The van der Waals surface area contributed by atoms with E-state index in [2.05, 4.69) is 57.8 Å². The van der Waals surface area contributed by atoms with E-state index in [0.717, 1.165) is 36.5 Å². The van der Waals surface area contributed by atoms with Crippen LogP contribution in [-0.4, -0.2) is 52.6 Å². The summed E-state index contributed by atoms with van der Waals surface area (Å²) in [7, 11) is 2.17. The number of fused-ring (bicyclic) bond motifs is 2. The number of aromatic nitrogens is 3. The molecule has 6 nitrogen and oxygen atoms in total. The number of H-pyrrole nitrogens is 1. The molecule has 1 aliphatic heterocycles. The van der Waals surface area contributed by atoms with Crippen molar-refractivity contribution in [2.75, 3.05) is 31.6 Å². The number of rotatable bonds is 4. The Kier molecular flexibility index (Phi) is 3.73. The zero-order valence-corrected chi connectivity index (χ0v) is 15.3. The fourth-order valence-corrected chi connectivity index (χ4v) is 5.11. The molecule has 0 unspecified atom stereocenters. The summed E-state index contributed by atoms with van der Waals surface area (Å²) in [5, 5.41) is 9.96. The summed E-state index contributed by atoms with van der Waals surface area (Å²) in [5.74, 6) is 1.02. The Morgan fingerprint density at radius 1 is 1.32 bits per heavy atom. The molecule has 4 rings (SSSR count). The molecule has 2 aromatic rings. The van der Waals surface area contributed by atoms with Crippen molar-refractivity contribution in [3.05, 3.63) is 18.6 Å². The second kappa shape index (κ2) is 5.70. The number of nitrogens with one attached hydrogen (secondary N) is 1. The summed E-state index contributed by atoms with van der Waals surface area (Å²) in [6, 6.07) is 4.83. The van der Waals surface area contributed by atoms with Crippen LogP contribution in [-0.2, 0) is 0 Å². The van der Waals surface area contributed by atoms with Gasteiger partial charge in [0.15, 0.2) is 0 Å². The number of aromatic amines is 1. The van der Waals surface area contributed by atoms with E-state index in [-0.39, 0.29) is 0 Å². The number of hydrogen-bond acceptors (Lipinski definition) is 5. The third kappa shape index (κ3) is 2.49. The van der Waals surface area contributed by atoms with Gasteiger partial charge in [-0.05, 0) is 29.7 Å². The highest BCUT2D eigenvalue weighted by Crippen LogP contribution is 2.58. The topological polar surface area (TPSA) is 71.8 Å². The van der Waals surface area contributed by atoms with Gasteiger partial charge in [-0.2, -0.15) is 5.26 Å². The van der Waals surface area contributed by atoms with Crippen molar-refractivity contribution in [1.29, 1.82) is 5.26 Å². The van der Waals surface area contributed by atoms with Crippen molar-refractivity contribution in [2.45, 2.75) is 39.2 Å². The summed E-state index contributed by atoms with van der Waals surface area (Å²) >= 11 is 0. The van der Waals surface area contributed by atoms with Gasteiger partial charge in [0.2, 0.25) is 0 Å². The smallest absolute Gasteiger partial charge is 0.142 e. The van der Waals surface area contributed by atoms with Gasteiger partial charge >= 0.3 is 0 Å². The SMILES string of the molecule is CN(c1ncnc2[nH]ccc12)[C@H]1C[C@@]2(C)CN(CCC#N)C[C@@]2(C)C1. The lowest BCUT2D eigenvalue weighted by Crippen LogP contribution is -2.34. The summed E-state index contributed by atoms with van der Waals surface area (Å²) in [4.78, 5) is 16.9. The minimum atomic E-state index is 0.297. The number of nitriles is 1. The van der Waals surface area contributed by atoms with E-state index in [1.54, 1.807) is 6.33 Å². The molecule has 2 fully saturated rings. The van der Waals surface area contributed by atoms with E-state index in [0.29, 0.717) is 23.3 Å². The Morgan fingerprint density at radius 2 is 2.04 bits per heavy atom. The average molecular weight is 338 g/mol. The van der Waals surface area contributed by atoms with Crippen molar-refractivity contribution in [2.24, 2.45) is 10.8 Å². The zero-order valence-electron chi connectivity index (χ0n) is 15.3. The predicted octanol–water partition coefficient (Wildman–Crippen LogP) is 2.80. The van der Waals surface area contributed by atoms with Crippen molar-refractivity contribution >= 4 is 16.9 Å². The Balaban J connectivity index is 1.55. The molecular weight excluding hydrogens is 312 g/mol. The quantitative estimate of drug-likeness (QED) is 0.928. The molecule has 3 heterocycles. The third-order valence-electron chi connectivity index (χ3n) is 6.73. The second-order valence-electron chi connectivity index (χ2n) is 8.35. The summed E-state index contributed by atoms with van der Waals surface area (Å²) < 4.78 is 0. The molecule has 3 atom stereocenters. The van der Waals surface area contributed by atoms with Crippen LogP contribution in [0.3, 0.4) is 0 Å². The molecule has 2 aliphatic rings. The van der Waals surface area contributed by atoms with E-state index in [9.17, 15) is 0 Å². The molecule has 1 N–H and O–H groups in total. The van der Waals surface area contributed by atoms with Gasteiger partial charge in [-0.1, -0.05) is 13.8 Å². The van der Waals surface area contributed by atoms with Gasteiger partial charge in [-0.25, -0.2) is 9.97 Å². The molecule has 1 saturated heterocycles. The van der Waals surface area contributed by atoms with E-state index in [1.807, 2.05) is 6.20 Å². The van der Waals surface area contributed by atoms with E-state index >= 15 is 0 Å². The third-order valence-corrected chi connectivity index (χ3v) is 6.73. The van der Waals surface area contributed by atoms with E-state index in [1.165, 1.54) is 12.8 Å². The molecule has 0 amide bonds. The number of hydrogen-bond donors (Lipinski definition) is 1.